The van der Waals surface area contributed by atoms with E-state index < -0.39 is 0 Å². The van der Waals surface area contributed by atoms with Crippen molar-refractivity contribution in [3.63, 3.8) is 0 Å². The summed E-state index contributed by atoms with van der Waals surface area (Å²) < 4.78 is 5.17. The summed E-state index contributed by atoms with van der Waals surface area (Å²) in [5, 5.41) is 0. The molecule has 1 unspecified atom stereocenters. The number of benzene rings is 2. The monoisotopic (exact) mass is 210 g/mol. The van der Waals surface area contributed by atoms with E-state index in [-0.39, 0.29) is 0 Å². The summed E-state index contributed by atoms with van der Waals surface area (Å²) in [5.74, 6) is 1.51. The standard InChI is InChI=1S/C15H14O/c1-16-13-8-6-11(7-9-13)15-10-12-4-2-3-5-14(12)15/h2-9,15H,10H2,1H3. The van der Waals surface area contributed by atoms with E-state index in [0.29, 0.717) is 5.92 Å². The van der Waals surface area contributed by atoms with Gasteiger partial charge < -0.3 is 4.74 Å². The molecule has 0 aliphatic heterocycles. The third-order valence-corrected chi connectivity index (χ3v) is 3.37. The second kappa shape index (κ2) is 3.67. The minimum atomic E-state index is 0.585. The summed E-state index contributed by atoms with van der Waals surface area (Å²) in [7, 11) is 1.70. The van der Waals surface area contributed by atoms with E-state index in [1.54, 1.807) is 7.11 Å². The van der Waals surface area contributed by atoms with Gasteiger partial charge in [0.2, 0.25) is 0 Å². The lowest BCUT2D eigenvalue weighted by molar-refractivity contribution is 0.414. The number of hydrogen-bond acceptors (Lipinski definition) is 1. The highest BCUT2D eigenvalue weighted by Gasteiger charge is 2.26. The van der Waals surface area contributed by atoms with Crippen molar-refractivity contribution in [1.82, 2.24) is 0 Å². The largest absolute Gasteiger partial charge is 0.497 e. The number of hydrogen-bond donors (Lipinski definition) is 0. The zero-order chi connectivity index (χ0) is 11.0. The molecule has 0 fully saturated rings. The number of methoxy groups -OCH3 is 1. The lowest BCUT2D eigenvalue weighted by Crippen LogP contribution is -2.17. The maximum atomic E-state index is 5.17. The first-order valence-electron chi connectivity index (χ1n) is 5.60. The third kappa shape index (κ3) is 1.40. The molecule has 16 heavy (non-hydrogen) atoms. The Kier molecular flexibility index (Phi) is 2.17. The molecule has 1 atom stereocenters. The smallest absolute Gasteiger partial charge is 0.118 e. The average molecular weight is 210 g/mol. The van der Waals surface area contributed by atoms with Gasteiger partial charge in [0.25, 0.3) is 0 Å². The van der Waals surface area contributed by atoms with Crippen LogP contribution >= 0.6 is 0 Å². The van der Waals surface area contributed by atoms with Crippen LogP contribution in [0.5, 0.6) is 5.75 Å². The van der Waals surface area contributed by atoms with E-state index >= 15 is 0 Å². The minimum Gasteiger partial charge on any atom is -0.497 e. The molecule has 1 aliphatic rings. The van der Waals surface area contributed by atoms with Crippen LogP contribution in [0, 0.1) is 0 Å². The molecule has 0 aromatic heterocycles. The molecule has 2 aromatic rings. The first kappa shape index (κ1) is 9.46. The highest BCUT2D eigenvalue weighted by Crippen LogP contribution is 2.40. The highest BCUT2D eigenvalue weighted by molar-refractivity contribution is 5.47. The second-order valence-corrected chi connectivity index (χ2v) is 4.23. The normalized spacial score (nSPS) is 17.4. The fourth-order valence-electron chi connectivity index (χ4n) is 2.39. The Hall–Kier alpha value is -1.76. The molecule has 80 valence electrons. The van der Waals surface area contributed by atoms with Gasteiger partial charge in [0, 0.05) is 5.92 Å². The van der Waals surface area contributed by atoms with Gasteiger partial charge in [0.1, 0.15) is 5.75 Å². The summed E-state index contributed by atoms with van der Waals surface area (Å²) in [6.07, 6.45) is 1.17. The Morgan fingerprint density at radius 1 is 1.00 bits per heavy atom. The molecule has 0 spiro atoms. The van der Waals surface area contributed by atoms with Gasteiger partial charge in [-0.05, 0) is 35.2 Å². The zero-order valence-electron chi connectivity index (χ0n) is 9.31. The Morgan fingerprint density at radius 2 is 1.75 bits per heavy atom. The minimum absolute atomic E-state index is 0.585. The summed E-state index contributed by atoms with van der Waals surface area (Å²) in [4.78, 5) is 0. The average Bonchev–Trinajstić information content (AvgIpc) is 2.32. The van der Waals surface area contributed by atoms with Gasteiger partial charge in [-0.2, -0.15) is 0 Å². The van der Waals surface area contributed by atoms with Gasteiger partial charge in [0.15, 0.2) is 0 Å². The van der Waals surface area contributed by atoms with Gasteiger partial charge in [-0.1, -0.05) is 36.4 Å². The topological polar surface area (TPSA) is 9.23 Å². The van der Waals surface area contributed by atoms with E-state index in [4.69, 9.17) is 4.74 Å². The van der Waals surface area contributed by atoms with Gasteiger partial charge in [0.05, 0.1) is 7.11 Å². The quantitative estimate of drug-likeness (QED) is 0.738. The molecule has 0 saturated carbocycles. The lowest BCUT2D eigenvalue weighted by atomic mass is 9.74. The predicted octanol–water partition coefficient (Wildman–Crippen LogP) is 3.38. The Bertz CT molecular complexity index is 499. The van der Waals surface area contributed by atoms with Crippen LogP contribution in [0.1, 0.15) is 22.6 Å². The van der Waals surface area contributed by atoms with E-state index in [9.17, 15) is 0 Å². The molecule has 0 bridgehead atoms. The first-order chi connectivity index (χ1) is 7.88. The van der Waals surface area contributed by atoms with Gasteiger partial charge >= 0.3 is 0 Å². The molecule has 1 nitrogen and oxygen atoms in total. The van der Waals surface area contributed by atoms with Crippen molar-refractivity contribution in [2.75, 3.05) is 7.11 Å². The molecule has 0 heterocycles. The van der Waals surface area contributed by atoms with Crippen molar-refractivity contribution >= 4 is 0 Å². The second-order valence-electron chi connectivity index (χ2n) is 4.23. The Morgan fingerprint density at radius 3 is 2.44 bits per heavy atom. The third-order valence-electron chi connectivity index (χ3n) is 3.37. The summed E-state index contributed by atoms with van der Waals surface area (Å²) >= 11 is 0. The van der Waals surface area contributed by atoms with Crippen molar-refractivity contribution in [2.45, 2.75) is 12.3 Å². The van der Waals surface area contributed by atoms with Gasteiger partial charge in [-0.25, -0.2) is 0 Å². The van der Waals surface area contributed by atoms with Crippen molar-refractivity contribution in [3.05, 3.63) is 65.2 Å². The Labute approximate surface area is 95.7 Å². The molecular formula is C15H14O. The van der Waals surface area contributed by atoms with Gasteiger partial charge in [-0.15, -0.1) is 0 Å². The van der Waals surface area contributed by atoms with Gasteiger partial charge in [-0.3, -0.25) is 0 Å². The molecule has 0 amide bonds. The Balaban J connectivity index is 1.90. The maximum absolute atomic E-state index is 5.17. The highest BCUT2D eigenvalue weighted by atomic mass is 16.5. The van der Waals surface area contributed by atoms with Crippen LogP contribution in [0.15, 0.2) is 48.5 Å². The fourth-order valence-corrected chi connectivity index (χ4v) is 2.39. The van der Waals surface area contributed by atoms with Crippen LogP contribution < -0.4 is 4.74 Å². The van der Waals surface area contributed by atoms with Crippen molar-refractivity contribution in [3.8, 4) is 5.75 Å². The number of ether oxygens (including phenoxy) is 1. The van der Waals surface area contributed by atoms with Crippen molar-refractivity contribution in [1.29, 1.82) is 0 Å². The molecule has 0 radical (unpaired) electrons. The molecule has 3 rings (SSSR count). The zero-order valence-corrected chi connectivity index (χ0v) is 9.31. The fraction of sp³-hybridized carbons (Fsp3) is 0.200. The summed E-state index contributed by atoms with van der Waals surface area (Å²) in [6.45, 7) is 0. The molecule has 0 N–H and O–H groups in total. The molecular weight excluding hydrogens is 196 g/mol. The summed E-state index contributed by atoms with van der Waals surface area (Å²) in [6, 6.07) is 17.1. The number of fused-ring (bicyclic) bond motifs is 1. The van der Waals surface area contributed by atoms with E-state index in [2.05, 4.69) is 36.4 Å². The molecule has 0 saturated heterocycles. The van der Waals surface area contributed by atoms with Crippen LogP contribution in [-0.4, -0.2) is 7.11 Å². The summed E-state index contributed by atoms with van der Waals surface area (Å²) in [5.41, 5.74) is 4.36. The van der Waals surface area contributed by atoms with E-state index in [1.165, 1.54) is 23.1 Å². The van der Waals surface area contributed by atoms with E-state index in [1.807, 2.05) is 12.1 Å². The molecule has 2 aromatic carbocycles. The van der Waals surface area contributed by atoms with Crippen LogP contribution in [0.2, 0.25) is 0 Å². The van der Waals surface area contributed by atoms with Crippen LogP contribution in [-0.2, 0) is 6.42 Å². The SMILES string of the molecule is COc1ccc(C2Cc3ccccc32)cc1. The van der Waals surface area contributed by atoms with Crippen LogP contribution in [0.25, 0.3) is 0 Å². The maximum Gasteiger partial charge on any atom is 0.118 e. The van der Waals surface area contributed by atoms with Crippen molar-refractivity contribution in [2.24, 2.45) is 0 Å². The van der Waals surface area contributed by atoms with Crippen LogP contribution in [0.3, 0.4) is 0 Å². The predicted molar refractivity (Wildman–Crippen MR) is 65.0 cm³/mol. The molecule has 1 aliphatic carbocycles. The molecule has 1 heteroatoms. The van der Waals surface area contributed by atoms with Crippen LogP contribution in [0.4, 0.5) is 0 Å². The lowest BCUT2D eigenvalue weighted by Gasteiger charge is -2.30. The van der Waals surface area contributed by atoms with E-state index in [0.717, 1.165) is 5.75 Å². The van der Waals surface area contributed by atoms with Crippen molar-refractivity contribution < 1.29 is 4.74 Å². The number of rotatable bonds is 2. The first-order valence-corrected chi connectivity index (χ1v) is 5.60.